The number of alkyl halides is 1. The lowest BCUT2D eigenvalue weighted by Crippen LogP contribution is -2.56. The number of rotatable bonds is 14. The van der Waals surface area contributed by atoms with Gasteiger partial charge in [-0.15, -0.1) is 11.6 Å². The van der Waals surface area contributed by atoms with Gasteiger partial charge in [0.2, 0.25) is 11.8 Å². The highest BCUT2D eigenvalue weighted by molar-refractivity contribution is 9.11. The van der Waals surface area contributed by atoms with Gasteiger partial charge in [0, 0.05) is 145 Å². The summed E-state index contributed by atoms with van der Waals surface area (Å²) >= 11 is 16.5. The number of imidazole rings is 4. The van der Waals surface area contributed by atoms with Crippen molar-refractivity contribution in [2.45, 2.75) is 102 Å². The fourth-order valence-electron chi connectivity index (χ4n) is 13.3. The Morgan fingerprint density at radius 1 is 0.555 bits per heavy atom. The third-order valence-corrected chi connectivity index (χ3v) is 21.5. The number of nitrogens with zero attached hydrogens (tertiary/aromatic N) is 19. The number of aldehydes is 2. The standard InChI is InChI=1S/C23H24FN7O.C15H19N5O.C10H12BrFN2O2.C8H7FN2O.C8H5FN2O.C7H4BrFN2.C6H3BrFNO2.C5H4BrFN2.C2H3ClO/c24-19-4-6-21-27-9-10-30(21)20(19)13-26-8-7-23(32)29-14-17-2-3-18(15-29)31(17)22-5-1-16(11-25)12-28-22;16-6-5-15(21)19-9-12-2-3-13(10-19)20(12)14-4-1-11(7-17)8-18-14;1-10(2,3)16-9(15)14-7-5-4-6(12)8(11)13-7;2*9-6-1-2-8-10-3-4-11(8)7(6)5-12;8-7-5(9)1-2-6-10-3-4-11(6)7;7-5-3(8)1-2-4(9-5)6(10)11;6-5-3(7)1-2-4(8)9-5;3-1-2-4/h1,4-6,9-10,12,17-18,26H,2-3,7-8,13-15H2;1,4,8,12-13H,2-3,5-6,9-10,16H2;4-5H,1-3H3,(H,13,14,15);1-4,12H,5H2;1-5H;1-4H;1-2H,(H,10,11);1-2H,(H2,8,9);2H,1H2. The molecular formula is C84H81Br4ClF7N23O9. The number of nitrogens with two attached hydrogens (primary N) is 2. The molecule has 0 spiro atoms. The Morgan fingerprint density at radius 3 is 1.41 bits per heavy atom. The van der Waals surface area contributed by atoms with Gasteiger partial charge in [0.05, 0.1) is 35.0 Å². The van der Waals surface area contributed by atoms with E-state index in [1.54, 1.807) is 116 Å². The smallest absolute Gasteiger partial charge is 0.413 e. The van der Waals surface area contributed by atoms with E-state index in [2.05, 4.69) is 141 Å². The van der Waals surface area contributed by atoms with Crippen LogP contribution in [-0.2, 0) is 32.3 Å². The average molecular weight is 2040 g/mol. The Balaban J connectivity index is 0.000000170. The number of amides is 3. The number of carboxylic acids is 1. The summed E-state index contributed by atoms with van der Waals surface area (Å²) in [6.07, 6.45) is 21.7. The number of aromatic nitrogens is 13. The zero-order chi connectivity index (χ0) is 92.9. The van der Waals surface area contributed by atoms with Gasteiger partial charge in [0.25, 0.3) is 0 Å². The number of nitriles is 2. The first-order chi connectivity index (χ1) is 61.3. The molecule has 17 heterocycles. The van der Waals surface area contributed by atoms with Gasteiger partial charge in [0.15, 0.2) is 35.4 Å². The molecule has 670 valence electrons. The minimum atomic E-state index is -1.18. The van der Waals surface area contributed by atoms with Gasteiger partial charge in [-0.2, -0.15) is 10.5 Å². The fourth-order valence-corrected chi connectivity index (χ4v) is 14.7. The van der Waals surface area contributed by atoms with Crippen LogP contribution in [0.2, 0.25) is 0 Å². The summed E-state index contributed by atoms with van der Waals surface area (Å²) in [4.78, 5) is 110. The molecule has 8 N–H and O–H groups in total. The Bertz CT molecular complexity index is 6060. The highest BCUT2D eigenvalue weighted by Crippen LogP contribution is 2.36. The molecule has 0 saturated carbocycles. The molecule has 4 unspecified atom stereocenters. The molecule has 0 aliphatic carbocycles. The quantitative estimate of drug-likeness (QED) is 0.0194. The zero-order valence-corrected chi connectivity index (χ0v) is 75.3. The van der Waals surface area contributed by atoms with Crippen molar-refractivity contribution in [1.82, 2.24) is 77.6 Å². The number of aliphatic hydroxyl groups is 1. The number of hydrogen-bond donors (Lipinski definition) is 6. The van der Waals surface area contributed by atoms with Gasteiger partial charge < -0.3 is 56.1 Å². The van der Waals surface area contributed by atoms with E-state index in [9.17, 15) is 54.7 Å². The number of carbonyl (C=O) groups is 6. The van der Waals surface area contributed by atoms with Gasteiger partial charge in [-0.3, -0.25) is 37.3 Å². The third kappa shape index (κ3) is 27.5. The molecular weight excluding hydrogens is 1960 g/mol. The van der Waals surface area contributed by atoms with Gasteiger partial charge in [-0.1, -0.05) is 0 Å². The number of ether oxygens (including phenoxy) is 1. The first kappa shape index (κ1) is 99.3. The van der Waals surface area contributed by atoms with Crippen molar-refractivity contribution in [2.75, 3.05) is 66.0 Å². The van der Waals surface area contributed by atoms with E-state index in [1.165, 1.54) is 69.6 Å². The van der Waals surface area contributed by atoms with E-state index >= 15 is 0 Å². The Hall–Kier alpha value is -12.5. The topological polar surface area (TPSA) is 422 Å². The second kappa shape index (κ2) is 47.9. The maximum absolute atomic E-state index is 14.2. The SMILES string of the molecule is CC(C)(C)OC(=O)Nc1ccc(F)c(Br)n1.Fc1ccc2nccn2c1Br.N#Cc1ccc(N2C3CCC2CN(C(=O)CCN)C3)nc1.N#Cc1ccc(N2C3CCC2CN(C(=O)CCNCc2c(F)ccc4nccn24)C3)nc1.Nc1ccc(F)c(Br)n1.O=C(O)c1ccc(F)c(Br)n1.O=CCCl.O=Cc1c(F)ccc2nccn12.OCc1c(F)ccc2nccn12. The second-order valence-corrected chi connectivity index (χ2v) is 31.9. The minimum Gasteiger partial charge on any atom is -0.477 e. The molecule has 4 aliphatic heterocycles. The van der Waals surface area contributed by atoms with Crippen LogP contribution in [0.25, 0.3) is 22.6 Å². The summed E-state index contributed by atoms with van der Waals surface area (Å²) in [6.45, 7) is 9.01. The molecule has 4 fully saturated rings. The Labute approximate surface area is 765 Å². The first-order valence-corrected chi connectivity index (χ1v) is 42.4. The van der Waals surface area contributed by atoms with Crippen molar-refractivity contribution >= 4 is 158 Å². The average Bonchev–Trinajstić information content (AvgIpc) is 1.60. The van der Waals surface area contributed by atoms with Gasteiger partial charge >= 0.3 is 12.1 Å². The number of fused-ring (bicyclic) bond motifs is 8. The monoisotopic (exact) mass is 2040 g/mol. The largest absolute Gasteiger partial charge is 0.477 e. The van der Waals surface area contributed by atoms with E-state index in [0.717, 1.165) is 68.2 Å². The van der Waals surface area contributed by atoms with Crippen molar-refractivity contribution in [1.29, 1.82) is 10.5 Å². The number of carbonyl (C=O) groups excluding carboxylic acids is 5. The van der Waals surface area contributed by atoms with Crippen molar-refractivity contribution < 1.29 is 74.5 Å². The van der Waals surface area contributed by atoms with Crippen LogP contribution in [0.15, 0.2) is 190 Å². The zero-order valence-electron chi connectivity index (χ0n) is 68.2. The highest BCUT2D eigenvalue weighted by Gasteiger charge is 2.43. The molecule has 13 aromatic heterocycles. The Kier molecular flexibility index (Phi) is 37.2. The summed E-state index contributed by atoms with van der Waals surface area (Å²) in [6, 6.07) is 31.7. The lowest BCUT2D eigenvalue weighted by Gasteiger charge is -2.41. The van der Waals surface area contributed by atoms with E-state index < -0.39 is 46.7 Å². The summed E-state index contributed by atoms with van der Waals surface area (Å²) < 4.78 is 102. The van der Waals surface area contributed by atoms with E-state index in [4.69, 9.17) is 53.3 Å². The summed E-state index contributed by atoms with van der Waals surface area (Å²) in [5.74, 6) is -1.46. The molecule has 32 nitrogen and oxygen atoms in total. The fraction of sp³-hybridized carbons (Fsp3) is 0.274. The number of nitrogens with one attached hydrogen (secondary N) is 2. The molecule has 0 aromatic carbocycles. The van der Waals surface area contributed by atoms with Crippen molar-refractivity contribution in [3.63, 3.8) is 0 Å². The van der Waals surface area contributed by atoms with Crippen molar-refractivity contribution in [2.24, 2.45) is 5.73 Å². The molecule has 44 heteroatoms. The lowest BCUT2D eigenvalue weighted by atomic mass is 10.1. The minimum absolute atomic E-state index is 0.00463. The lowest BCUT2D eigenvalue weighted by molar-refractivity contribution is -0.132. The first-order valence-electron chi connectivity index (χ1n) is 38.7. The third-order valence-electron chi connectivity index (χ3n) is 19.0. The summed E-state index contributed by atoms with van der Waals surface area (Å²) in [7, 11) is 0. The Morgan fingerprint density at radius 2 is 0.977 bits per heavy atom. The van der Waals surface area contributed by atoms with Gasteiger partial charge in [-0.05, 0) is 219 Å². The molecule has 4 atom stereocenters. The van der Waals surface area contributed by atoms with E-state index in [-0.39, 0.29) is 84.7 Å². The molecule has 0 radical (unpaired) electrons. The highest BCUT2D eigenvalue weighted by atomic mass is 79.9. The predicted molar refractivity (Wildman–Crippen MR) is 473 cm³/mol. The number of hydrogen-bond acceptors (Lipinski definition) is 24. The van der Waals surface area contributed by atoms with E-state index in [1.807, 2.05) is 21.9 Å². The number of pyridine rings is 9. The molecule has 17 rings (SSSR count). The van der Waals surface area contributed by atoms with Crippen LogP contribution >= 0.6 is 75.3 Å². The number of halogens is 12. The second-order valence-electron chi connectivity index (χ2n) is 28.6. The number of nitrogen functional groups attached to an aromatic ring is 1. The summed E-state index contributed by atoms with van der Waals surface area (Å²) in [5.41, 5.74) is 14.4. The normalized spacial score (nSPS) is 14.9. The predicted octanol–water partition coefficient (Wildman–Crippen LogP) is 14.1. The molecule has 3 amide bonds. The number of aromatic carboxylic acids is 1. The van der Waals surface area contributed by atoms with Crippen LogP contribution in [0.4, 0.5) is 58.8 Å². The van der Waals surface area contributed by atoms with Crippen LogP contribution in [0.3, 0.4) is 0 Å². The van der Waals surface area contributed by atoms with Crippen LogP contribution in [0.1, 0.15) is 103 Å². The molecule has 13 aromatic rings. The van der Waals surface area contributed by atoms with Gasteiger partial charge in [-0.25, -0.2) is 85.2 Å². The number of aliphatic hydroxyl groups excluding tert-OH is 1. The van der Waals surface area contributed by atoms with Crippen LogP contribution in [0.5, 0.6) is 0 Å². The van der Waals surface area contributed by atoms with Crippen LogP contribution < -0.4 is 31.9 Å². The maximum atomic E-state index is 14.2. The number of piperazine rings is 2. The van der Waals surface area contributed by atoms with Crippen molar-refractivity contribution in [3.8, 4) is 12.1 Å². The molecule has 4 saturated heterocycles. The van der Waals surface area contributed by atoms with Crippen LogP contribution in [0, 0.1) is 63.4 Å². The summed E-state index contributed by atoms with van der Waals surface area (Å²) in [5, 5.41) is 40.7. The molecule has 4 aliphatic rings. The van der Waals surface area contributed by atoms with Crippen molar-refractivity contribution in [3.05, 3.63) is 264 Å². The maximum Gasteiger partial charge on any atom is 0.413 e. The number of likely N-dealkylation sites (tertiary alicyclic amines) is 2. The molecule has 4 bridgehead atoms. The molecule has 128 heavy (non-hydrogen) atoms. The van der Waals surface area contributed by atoms with Gasteiger partial charge in [0.1, 0.15) is 111 Å². The number of anilines is 4. The van der Waals surface area contributed by atoms with E-state index in [0.29, 0.717) is 114 Å². The van der Waals surface area contributed by atoms with Crippen LogP contribution in [-0.4, -0.2) is 194 Å². The number of carboxylic acid groups (broad SMARTS) is 1.